The molecule has 2 aliphatic rings. The Labute approximate surface area is 139 Å². The summed E-state index contributed by atoms with van der Waals surface area (Å²) in [5.41, 5.74) is 0.526. The molecule has 2 amide bonds. The van der Waals surface area contributed by atoms with Gasteiger partial charge in [0.1, 0.15) is 0 Å². The number of urea groups is 1. The Morgan fingerprint density at radius 2 is 1.74 bits per heavy atom. The molecule has 1 N–H and O–H groups in total. The van der Waals surface area contributed by atoms with Crippen molar-refractivity contribution in [1.82, 2.24) is 4.90 Å². The van der Waals surface area contributed by atoms with Crippen molar-refractivity contribution in [3.8, 4) is 0 Å². The molecule has 2 heterocycles. The Hall–Kier alpha value is -1.90. The van der Waals surface area contributed by atoms with E-state index in [1.807, 2.05) is 0 Å². The van der Waals surface area contributed by atoms with E-state index in [0.29, 0.717) is 44.8 Å². The fourth-order valence-electron chi connectivity index (χ4n) is 2.71. The van der Waals surface area contributed by atoms with Gasteiger partial charge >= 0.3 is 6.03 Å². The van der Waals surface area contributed by atoms with Crippen molar-refractivity contribution in [2.45, 2.75) is 18.6 Å². The maximum Gasteiger partial charge on any atom is 0.321 e. The van der Waals surface area contributed by atoms with E-state index in [2.05, 4.69) is 5.32 Å². The van der Waals surface area contributed by atoms with E-state index < -0.39 is 10.7 Å². The first kappa shape index (κ1) is 17.5. The molecule has 0 radical (unpaired) electrons. The lowest BCUT2D eigenvalue weighted by Crippen LogP contribution is -2.48. The van der Waals surface area contributed by atoms with Crippen LogP contribution >= 0.6 is 12.4 Å². The molecule has 1 aromatic rings. The van der Waals surface area contributed by atoms with Crippen LogP contribution in [0.25, 0.3) is 0 Å². The van der Waals surface area contributed by atoms with Crippen LogP contribution in [0, 0.1) is 10.1 Å². The van der Waals surface area contributed by atoms with E-state index in [9.17, 15) is 14.9 Å². The molecule has 126 valence electrons. The van der Waals surface area contributed by atoms with Gasteiger partial charge in [-0.3, -0.25) is 10.1 Å². The number of nitro groups is 1. The SMILES string of the molecule is Cl.O=C(Nc1ccc([N+](=O)[O-])cc1)N1CCC2(CC1)OCCO2. The van der Waals surface area contributed by atoms with E-state index in [-0.39, 0.29) is 24.1 Å². The molecule has 0 bridgehead atoms. The third-order valence-corrected chi connectivity index (χ3v) is 3.96. The van der Waals surface area contributed by atoms with Crippen molar-refractivity contribution in [2.75, 3.05) is 31.6 Å². The lowest BCUT2D eigenvalue weighted by Gasteiger charge is -2.37. The van der Waals surface area contributed by atoms with Crippen molar-refractivity contribution >= 4 is 29.8 Å². The largest absolute Gasteiger partial charge is 0.347 e. The van der Waals surface area contributed by atoms with Crippen molar-refractivity contribution in [3.05, 3.63) is 34.4 Å². The molecule has 0 saturated carbocycles. The number of non-ortho nitro benzene ring substituents is 1. The van der Waals surface area contributed by atoms with Crippen LogP contribution in [0.1, 0.15) is 12.8 Å². The summed E-state index contributed by atoms with van der Waals surface area (Å²) in [7, 11) is 0. The van der Waals surface area contributed by atoms with Gasteiger partial charge in [0, 0.05) is 43.8 Å². The molecule has 9 heteroatoms. The van der Waals surface area contributed by atoms with Gasteiger partial charge in [0.25, 0.3) is 5.69 Å². The maximum atomic E-state index is 12.2. The molecule has 0 aliphatic carbocycles. The summed E-state index contributed by atoms with van der Waals surface area (Å²) in [6, 6.07) is 5.54. The quantitative estimate of drug-likeness (QED) is 0.657. The molecule has 1 aromatic carbocycles. The number of halogens is 1. The molecular formula is C14H18ClN3O5. The van der Waals surface area contributed by atoms with Gasteiger partial charge < -0.3 is 19.7 Å². The number of ether oxygens (including phenoxy) is 2. The highest BCUT2D eigenvalue weighted by Crippen LogP contribution is 2.31. The Morgan fingerprint density at radius 3 is 2.26 bits per heavy atom. The fraction of sp³-hybridized carbons (Fsp3) is 0.500. The molecule has 0 unspecified atom stereocenters. The number of amides is 2. The van der Waals surface area contributed by atoms with Crippen molar-refractivity contribution in [2.24, 2.45) is 0 Å². The van der Waals surface area contributed by atoms with Crippen LogP contribution in [0.2, 0.25) is 0 Å². The smallest absolute Gasteiger partial charge is 0.321 e. The number of likely N-dealkylation sites (tertiary alicyclic amines) is 1. The number of benzene rings is 1. The number of rotatable bonds is 2. The van der Waals surface area contributed by atoms with Gasteiger partial charge in [0.15, 0.2) is 5.79 Å². The Bertz CT molecular complexity index is 564. The van der Waals surface area contributed by atoms with Crippen LogP contribution in [0.4, 0.5) is 16.2 Å². The number of carbonyl (C=O) groups excluding carboxylic acids is 1. The molecule has 23 heavy (non-hydrogen) atoms. The number of nitrogens with zero attached hydrogens (tertiary/aromatic N) is 2. The minimum atomic E-state index is -0.510. The molecular weight excluding hydrogens is 326 g/mol. The minimum absolute atomic E-state index is 0. The molecule has 2 fully saturated rings. The first-order valence-electron chi connectivity index (χ1n) is 7.16. The van der Waals surface area contributed by atoms with Crippen LogP contribution in [0.3, 0.4) is 0 Å². The second-order valence-corrected chi connectivity index (χ2v) is 5.33. The maximum absolute atomic E-state index is 12.2. The number of nitrogens with one attached hydrogen (secondary N) is 1. The lowest BCUT2D eigenvalue weighted by atomic mass is 10.0. The van der Waals surface area contributed by atoms with E-state index in [4.69, 9.17) is 9.47 Å². The Morgan fingerprint density at radius 1 is 1.17 bits per heavy atom. The zero-order chi connectivity index (χ0) is 15.6. The van der Waals surface area contributed by atoms with Gasteiger partial charge in [-0.15, -0.1) is 12.4 Å². The summed E-state index contributed by atoms with van der Waals surface area (Å²) in [5.74, 6) is -0.510. The van der Waals surface area contributed by atoms with Gasteiger partial charge in [-0.2, -0.15) is 0 Å². The highest BCUT2D eigenvalue weighted by atomic mass is 35.5. The predicted molar refractivity (Wildman–Crippen MR) is 84.8 cm³/mol. The zero-order valence-corrected chi connectivity index (χ0v) is 13.2. The van der Waals surface area contributed by atoms with Crippen LogP contribution in [0.15, 0.2) is 24.3 Å². The summed E-state index contributed by atoms with van der Waals surface area (Å²) in [6.07, 6.45) is 1.31. The minimum Gasteiger partial charge on any atom is -0.347 e. The van der Waals surface area contributed by atoms with Crippen molar-refractivity contribution in [1.29, 1.82) is 0 Å². The van der Waals surface area contributed by atoms with Crippen LogP contribution in [0.5, 0.6) is 0 Å². The molecule has 0 atom stereocenters. The van der Waals surface area contributed by atoms with Crippen LogP contribution < -0.4 is 5.32 Å². The van der Waals surface area contributed by atoms with Gasteiger partial charge in [-0.05, 0) is 12.1 Å². The summed E-state index contributed by atoms with van der Waals surface area (Å²) in [4.78, 5) is 24.0. The number of hydrogen-bond acceptors (Lipinski definition) is 5. The van der Waals surface area contributed by atoms with E-state index in [1.54, 1.807) is 4.90 Å². The molecule has 3 rings (SSSR count). The van der Waals surface area contributed by atoms with E-state index in [0.717, 1.165) is 0 Å². The topological polar surface area (TPSA) is 93.9 Å². The number of piperidine rings is 1. The summed E-state index contributed by atoms with van der Waals surface area (Å²) < 4.78 is 11.2. The van der Waals surface area contributed by atoms with E-state index in [1.165, 1.54) is 24.3 Å². The number of carbonyl (C=O) groups is 1. The highest BCUT2D eigenvalue weighted by molar-refractivity contribution is 5.89. The van der Waals surface area contributed by atoms with Crippen molar-refractivity contribution in [3.63, 3.8) is 0 Å². The predicted octanol–water partition coefficient (Wildman–Crippen LogP) is 2.39. The second-order valence-electron chi connectivity index (χ2n) is 5.33. The van der Waals surface area contributed by atoms with Crippen LogP contribution in [-0.4, -0.2) is 47.9 Å². The second kappa shape index (κ2) is 7.12. The third-order valence-electron chi connectivity index (χ3n) is 3.96. The number of anilines is 1. The average Bonchev–Trinajstić information content (AvgIpc) is 2.96. The summed E-state index contributed by atoms with van der Waals surface area (Å²) in [5, 5.41) is 13.3. The lowest BCUT2D eigenvalue weighted by molar-refractivity contribution is -0.384. The van der Waals surface area contributed by atoms with Gasteiger partial charge in [-0.1, -0.05) is 0 Å². The first-order chi connectivity index (χ1) is 10.6. The highest BCUT2D eigenvalue weighted by Gasteiger charge is 2.40. The Kier molecular flexibility index (Phi) is 5.40. The molecule has 0 aromatic heterocycles. The Balaban J connectivity index is 0.00000192. The fourth-order valence-corrected chi connectivity index (χ4v) is 2.71. The first-order valence-corrected chi connectivity index (χ1v) is 7.16. The standard InChI is InChI=1S/C14H17N3O5.ClH/c18-13(15-11-1-3-12(4-2-11)17(19)20)16-7-5-14(6-8-16)21-9-10-22-14;/h1-4H,5-10H2,(H,15,18);1H. The molecule has 2 saturated heterocycles. The van der Waals surface area contributed by atoms with Crippen LogP contribution in [-0.2, 0) is 9.47 Å². The monoisotopic (exact) mass is 343 g/mol. The normalized spacial score (nSPS) is 19.2. The molecule has 1 spiro atoms. The average molecular weight is 344 g/mol. The van der Waals surface area contributed by atoms with Gasteiger partial charge in [-0.25, -0.2) is 4.79 Å². The van der Waals surface area contributed by atoms with E-state index >= 15 is 0 Å². The molecule has 2 aliphatic heterocycles. The third kappa shape index (κ3) is 3.90. The summed E-state index contributed by atoms with van der Waals surface area (Å²) in [6.45, 7) is 2.32. The van der Waals surface area contributed by atoms with Gasteiger partial charge in [0.2, 0.25) is 0 Å². The number of hydrogen-bond donors (Lipinski definition) is 1. The molecule has 8 nitrogen and oxygen atoms in total. The number of nitro benzene ring substituents is 1. The van der Waals surface area contributed by atoms with Crippen molar-refractivity contribution < 1.29 is 19.2 Å². The summed E-state index contributed by atoms with van der Waals surface area (Å²) >= 11 is 0. The zero-order valence-electron chi connectivity index (χ0n) is 12.4. The van der Waals surface area contributed by atoms with Gasteiger partial charge in [0.05, 0.1) is 18.1 Å².